The van der Waals surface area contributed by atoms with Crippen LogP contribution < -0.4 is 10.6 Å². The van der Waals surface area contributed by atoms with Crippen molar-refractivity contribution in [3.8, 4) is 0 Å². The molecule has 4 heteroatoms. The highest BCUT2D eigenvalue weighted by Crippen LogP contribution is 2.23. The van der Waals surface area contributed by atoms with Gasteiger partial charge in [-0.3, -0.25) is 4.79 Å². The van der Waals surface area contributed by atoms with Gasteiger partial charge in [0.2, 0.25) is 0 Å². The summed E-state index contributed by atoms with van der Waals surface area (Å²) in [5, 5.41) is 8.49. The number of hydrogen-bond acceptors (Lipinski definition) is 3. The number of para-hydroxylation sites is 1. The molecule has 21 heavy (non-hydrogen) atoms. The molecule has 0 aliphatic heterocycles. The summed E-state index contributed by atoms with van der Waals surface area (Å²) in [6.45, 7) is 5.07. The van der Waals surface area contributed by atoms with E-state index in [0.717, 1.165) is 25.1 Å². The number of benzene rings is 1. The summed E-state index contributed by atoms with van der Waals surface area (Å²) in [6, 6.07) is 11.8. The van der Waals surface area contributed by atoms with Crippen LogP contribution in [0.25, 0.3) is 0 Å². The largest absolute Gasteiger partial charge is 0.384 e. The zero-order chi connectivity index (χ0) is 15.1. The fraction of sp³-hybridized carbons (Fsp3) is 0.353. The van der Waals surface area contributed by atoms with Gasteiger partial charge < -0.3 is 10.6 Å². The third-order valence-corrected chi connectivity index (χ3v) is 4.32. The molecule has 0 radical (unpaired) electrons. The summed E-state index contributed by atoms with van der Waals surface area (Å²) in [6.07, 6.45) is 1.92. The van der Waals surface area contributed by atoms with Crippen molar-refractivity contribution >= 4 is 22.9 Å². The van der Waals surface area contributed by atoms with Gasteiger partial charge in [-0.1, -0.05) is 32.0 Å². The number of amides is 1. The Morgan fingerprint density at radius 3 is 2.67 bits per heavy atom. The number of anilines is 1. The normalized spacial score (nSPS) is 11.9. The van der Waals surface area contributed by atoms with Crippen molar-refractivity contribution in [2.45, 2.75) is 32.7 Å². The van der Waals surface area contributed by atoms with E-state index >= 15 is 0 Å². The molecule has 0 saturated heterocycles. The Morgan fingerprint density at radius 2 is 2.00 bits per heavy atom. The highest BCUT2D eigenvalue weighted by molar-refractivity contribution is 7.10. The van der Waals surface area contributed by atoms with Gasteiger partial charge in [0.15, 0.2) is 0 Å². The maximum atomic E-state index is 12.5. The first kappa shape index (κ1) is 15.6. The maximum absolute atomic E-state index is 12.5. The molecule has 112 valence electrons. The zero-order valence-electron chi connectivity index (χ0n) is 12.6. The predicted molar refractivity (Wildman–Crippen MR) is 90.0 cm³/mol. The molecule has 2 N–H and O–H groups in total. The van der Waals surface area contributed by atoms with Crippen LogP contribution in [0, 0.1) is 0 Å². The minimum atomic E-state index is -0.0190. The van der Waals surface area contributed by atoms with Gasteiger partial charge in [-0.25, -0.2) is 0 Å². The molecule has 0 bridgehead atoms. The van der Waals surface area contributed by atoms with Gasteiger partial charge in [0.05, 0.1) is 11.6 Å². The Balaban J connectivity index is 2.12. The fourth-order valence-electron chi connectivity index (χ4n) is 2.19. The van der Waals surface area contributed by atoms with Crippen molar-refractivity contribution in [1.82, 2.24) is 5.32 Å². The molecule has 0 aliphatic rings. The molecule has 0 saturated carbocycles. The average molecular weight is 302 g/mol. The SMILES string of the molecule is CCCNc1ccccc1C(=O)NC(CC)c1cccs1. The minimum absolute atomic E-state index is 0.0190. The molecular formula is C17H22N2OS. The van der Waals surface area contributed by atoms with E-state index in [-0.39, 0.29) is 11.9 Å². The van der Waals surface area contributed by atoms with E-state index in [9.17, 15) is 4.79 Å². The first-order valence-corrected chi connectivity index (χ1v) is 8.31. The summed E-state index contributed by atoms with van der Waals surface area (Å²) >= 11 is 1.68. The number of hydrogen-bond donors (Lipinski definition) is 2. The van der Waals surface area contributed by atoms with Crippen LogP contribution in [0.4, 0.5) is 5.69 Å². The monoisotopic (exact) mass is 302 g/mol. The highest BCUT2D eigenvalue weighted by Gasteiger charge is 2.16. The van der Waals surface area contributed by atoms with E-state index < -0.39 is 0 Å². The van der Waals surface area contributed by atoms with Crippen LogP contribution >= 0.6 is 11.3 Å². The first-order chi connectivity index (χ1) is 10.3. The maximum Gasteiger partial charge on any atom is 0.253 e. The van der Waals surface area contributed by atoms with Gasteiger partial charge in [-0.2, -0.15) is 0 Å². The van der Waals surface area contributed by atoms with Crippen LogP contribution in [0.2, 0.25) is 0 Å². The van der Waals surface area contributed by atoms with E-state index in [1.165, 1.54) is 4.88 Å². The molecule has 2 aromatic rings. The van der Waals surface area contributed by atoms with Gasteiger partial charge in [0, 0.05) is 17.1 Å². The van der Waals surface area contributed by atoms with Crippen molar-refractivity contribution in [3.63, 3.8) is 0 Å². The van der Waals surface area contributed by atoms with Crippen molar-refractivity contribution < 1.29 is 4.79 Å². The standard InChI is InChI=1S/C17H22N2OS/c1-3-11-18-15-9-6-5-8-13(15)17(20)19-14(4-2)16-10-7-12-21-16/h5-10,12,14,18H,3-4,11H2,1-2H3,(H,19,20). The summed E-state index contributed by atoms with van der Waals surface area (Å²) < 4.78 is 0. The van der Waals surface area contributed by atoms with Gasteiger partial charge in [0.1, 0.15) is 0 Å². The summed E-state index contributed by atoms with van der Waals surface area (Å²) in [7, 11) is 0. The van der Waals surface area contributed by atoms with Crippen LogP contribution in [-0.2, 0) is 0 Å². The smallest absolute Gasteiger partial charge is 0.253 e. The van der Waals surface area contributed by atoms with Gasteiger partial charge in [-0.05, 0) is 36.4 Å². The first-order valence-electron chi connectivity index (χ1n) is 7.43. The molecule has 1 aromatic carbocycles. The molecule has 0 aliphatic carbocycles. The second-order valence-corrected chi connectivity index (χ2v) is 5.90. The number of thiophene rings is 1. The quantitative estimate of drug-likeness (QED) is 0.793. The number of nitrogens with one attached hydrogen (secondary N) is 2. The lowest BCUT2D eigenvalue weighted by Gasteiger charge is -2.17. The fourth-order valence-corrected chi connectivity index (χ4v) is 3.06. The zero-order valence-corrected chi connectivity index (χ0v) is 13.4. The van der Waals surface area contributed by atoms with Gasteiger partial charge in [0.25, 0.3) is 5.91 Å². The molecule has 1 amide bonds. The van der Waals surface area contributed by atoms with Crippen LogP contribution in [0.15, 0.2) is 41.8 Å². The van der Waals surface area contributed by atoms with Crippen molar-refractivity contribution in [3.05, 3.63) is 52.2 Å². The molecule has 1 aromatic heterocycles. The molecule has 3 nitrogen and oxygen atoms in total. The van der Waals surface area contributed by atoms with E-state index in [0.29, 0.717) is 5.56 Å². The van der Waals surface area contributed by atoms with E-state index in [4.69, 9.17) is 0 Å². The third kappa shape index (κ3) is 4.08. The van der Waals surface area contributed by atoms with Crippen molar-refractivity contribution in [1.29, 1.82) is 0 Å². The van der Waals surface area contributed by atoms with E-state index in [1.54, 1.807) is 11.3 Å². The molecule has 0 spiro atoms. The summed E-state index contributed by atoms with van der Waals surface area (Å²) in [5.41, 5.74) is 1.61. The topological polar surface area (TPSA) is 41.1 Å². The van der Waals surface area contributed by atoms with Crippen LogP contribution in [0.3, 0.4) is 0 Å². The molecule has 2 rings (SSSR count). The number of carbonyl (C=O) groups excluding carboxylic acids is 1. The molecule has 1 heterocycles. The lowest BCUT2D eigenvalue weighted by atomic mass is 10.1. The molecular weight excluding hydrogens is 280 g/mol. The number of carbonyl (C=O) groups is 1. The Labute approximate surface area is 130 Å². The minimum Gasteiger partial charge on any atom is -0.384 e. The van der Waals surface area contributed by atoms with E-state index in [2.05, 4.69) is 30.5 Å². The van der Waals surface area contributed by atoms with Crippen LogP contribution in [0.5, 0.6) is 0 Å². The Morgan fingerprint density at radius 1 is 1.19 bits per heavy atom. The Hall–Kier alpha value is -1.81. The Kier molecular flexibility index (Phi) is 5.81. The summed E-state index contributed by atoms with van der Waals surface area (Å²) in [4.78, 5) is 13.7. The van der Waals surface area contributed by atoms with Gasteiger partial charge >= 0.3 is 0 Å². The molecule has 0 fully saturated rings. The predicted octanol–water partition coefficient (Wildman–Crippen LogP) is 4.45. The van der Waals surface area contributed by atoms with Gasteiger partial charge in [-0.15, -0.1) is 11.3 Å². The second-order valence-electron chi connectivity index (χ2n) is 4.92. The van der Waals surface area contributed by atoms with Crippen LogP contribution in [-0.4, -0.2) is 12.5 Å². The average Bonchev–Trinajstić information content (AvgIpc) is 3.04. The molecule has 1 unspecified atom stereocenters. The Bertz CT molecular complexity index is 566. The lowest BCUT2D eigenvalue weighted by Crippen LogP contribution is -2.28. The lowest BCUT2D eigenvalue weighted by molar-refractivity contribution is 0.0937. The summed E-state index contributed by atoms with van der Waals surface area (Å²) in [5.74, 6) is -0.0190. The van der Waals surface area contributed by atoms with E-state index in [1.807, 2.05) is 35.7 Å². The number of rotatable bonds is 7. The van der Waals surface area contributed by atoms with Crippen LogP contribution in [0.1, 0.15) is 48.0 Å². The van der Waals surface area contributed by atoms with Crippen molar-refractivity contribution in [2.75, 3.05) is 11.9 Å². The second kappa shape index (κ2) is 7.84. The third-order valence-electron chi connectivity index (χ3n) is 3.34. The highest BCUT2D eigenvalue weighted by atomic mass is 32.1. The van der Waals surface area contributed by atoms with Crippen molar-refractivity contribution in [2.24, 2.45) is 0 Å². The molecule has 1 atom stereocenters.